The normalized spacial score (nSPS) is 17.8. The van der Waals surface area contributed by atoms with Crippen molar-refractivity contribution in [3.05, 3.63) is 29.3 Å². The van der Waals surface area contributed by atoms with Crippen LogP contribution in [0, 0.1) is 22.7 Å². The molecule has 1 saturated heterocycles. The van der Waals surface area contributed by atoms with Crippen LogP contribution in [0.4, 0.5) is 5.69 Å². The van der Waals surface area contributed by atoms with Gasteiger partial charge in [-0.3, -0.25) is 14.9 Å². The Labute approximate surface area is 103 Å². The van der Waals surface area contributed by atoms with Gasteiger partial charge in [-0.2, -0.15) is 10.5 Å². The lowest BCUT2D eigenvalue weighted by molar-refractivity contribution is -0.124. The number of carbonyl (C=O) groups excluding carboxylic acids is 2. The summed E-state index contributed by atoms with van der Waals surface area (Å²) in [5.41, 5.74) is 1.03. The molecular weight excluding hydrogens is 232 g/mol. The zero-order chi connectivity index (χ0) is 13.1. The molecule has 1 aromatic rings. The van der Waals surface area contributed by atoms with Gasteiger partial charge in [0.2, 0.25) is 11.8 Å². The number of nitrogens with zero attached hydrogens (tertiary/aromatic N) is 2. The van der Waals surface area contributed by atoms with Crippen LogP contribution < -0.4 is 10.6 Å². The van der Waals surface area contributed by atoms with Crippen LogP contribution in [0.5, 0.6) is 0 Å². The third kappa shape index (κ3) is 2.13. The van der Waals surface area contributed by atoms with Crippen LogP contribution in [0.25, 0.3) is 0 Å². The molecule has 88 valence electrons. The van der Waals surface area contributed by atoms with Gasteiger partial charge in [-0.05, 0) is 18.2 Å². The van der Waals surface area contributed by atoms with Gasteiger partial charge in [0.15, 0.2) is 0 Å². The molecule has 1 fully saturated rings. The van der Waals surface area contributed by atoms with Gasteiger partial charge in [0.1, 0.15) is 18.2 Å². The fourth-order valence-electron chi connectivity index (χ4n) is 1.70. The topological polar surface area (TPSA) is 106 Å². The molecule has 1 aliphatic heterocycles. The Balaban J connectivity index is 2.21. The van der Waals surface area contributed by atoms with Crippen LogP contribution in [0.15, 0.2) is 18.2 Å². The van der Waals surface area contributed by atoms with Crippen LogP contribution in [-0.2, 0) is 9.59 Å². The third-order valence-electron chi connectivity index (χ3n) is 2.57. The zero-order valence-corrected chi connectivity index (χ0v) is 9.23. The van der Waals surface area contributed by atoms with Crippen LogP contribution in [-0.4, -0.2) is 17.9 Å². The highest BCUT2D eigenvalue weighted by Crippen LogP contribution is 2.17. The predicted octanol–water partition coefficient (Wildman–Crippen LogP) is 0.257. The molecule has 0 saturated carbocycles. The van der Waals surface area contributed by atoms with Gasteiger partial charge in [-0.15, -0.1) is 0 Å². The first-order chi connectivity index (χ1) is 8.63. The zero-order valence-electron chi connectivity index (χ0n) is 9.23. The Kier molecular flexibility index (Phi) is 2.94. The molecule has 2 amide bonds. The number of rotatable bonds is 2. The SMILES string of the molecule is N#Cc1ccc(NC2CC(=O)NC2=O)cc1C#N. The Morgan fingerprint density at radius 2 is 1.94 bits per heavy atom. The van der Waals surface area contributed by atoms with Gasteiger partial charge in [-0.25, -0.2) is 0 Å². The Morgan fingerprint density at radius 3 is 2.50 bits per heavy atom. The number of carbonyl (C=O) groups is 2. The van der Waals surface area contributed by atoms with Gasteiger partial charge >= 0.3 is 0 Å². The van der Waals surface area contributed by atoms with E-state index in [4.69, 9.17) is 10.5 Å². The first-order valence-corrected chi connectivity index (χ1v) is 5.18. The second kappa shape index (κ2) is 4.56. The van der Waals surface area contributed by atoms with E-state index in [1.807, 2.05) is 12.1 Å². The van der Waals surface area contributed by atoms with E-state index in [1.165, 1.54) is 12.1 Å². The summed E-state index contributed by atoms with van der Waals surface area (Å²) in [5.74, 6) is -0.713. The molecular formula is C12H8N4O2. The fraction of sp³-hybridized carbons (Fsp3) is 0.167. The monoisotopic (exact) mass is 240 g/mol. The largest absolute Gasteiger partial charge is 0.373 e. The molecule has 1 unspecified atom stereocenters. The minimum atomic E-state index is -0.628. The lowest BCUT2D eigenvalue weighted by atomic mass is 10.1. The van der Waals surface area contributed by atoms with Gasteiger partial charge in [0, 0.05) is 5.69 Å². The predicted molar refractivity (Wildman–Crippen MR) is 61.0 cm³/mol. The van der Waals surface area contributed by atoms with E-state index in [0.717, 1.165) is 0 Å². The number of imide groups is 1. The van der Waals surface area contributed by atoms with E-state index in [-0.39, 0.29) is 29.4 Å². The molecule has 0 aromatic heterocycles. The molecule has 0 bridgehead atoms. The summed E-state index contributed by atoms with van der Waals surface area (Å²) in [5, 5.41) is 22.7. The lowest BCUT2D eigenvalue weighted by Gasteiger charge is -2.10. The number of nitriles is 2. The van der Waals surface area contributed by atoms with E-state index in [9.17, 15) is 9.59 Å². The summed E-state index contributed by atoms with van der Waals surface area (Å²) >= 11 is 0. The second-order valence-electron chi connectivity index (χ2n) is 3.80. The number of benzene rings is 1. The van der Waals surface area contributed by atoms with Crippen LogP contribution in [0.2, 0.25) is 0 Å². The van der Waals surface area contributed by atoms with E-state index in [1.54, 1.807) is 6.07 Å². The molecule has 0 spiro atoms. The van der Waals surface area contributed by atoms with Crippen molar-refractivity contribution in [3.8, 4) is 12.1 Å². The summed E-state index contributed by atoms with van der Waals surface area (Å²) in [7, 11) is 0. The molecule has 6 nitrogen and oxygen atoms in total. The summed E-state index contributed by atoms with van der Waals surface area (Å²) in [6.45, 7) is 0. The molecule has 0 radical (unpaired) electrons. The number of nitrogens with one attached hydrogen (secondary N) is 2. The van der Waals surface area contributed by atoms with E-state index < -0.39 is 6.04 Å². The average Bonchev–Trinajstić information content (AvgIpc) is 2.67. The first-order valence-electron chi connectivity index (χ1n) is 5.18. The average molecular weight is 240 g/mol. The highest BCUT2D eigenvalue weighted by molar-refractivity contribution is 6.06. The summed E-state index contributed by atoms with van der Waals surface area (Å²) in [6, 6.07) is 7.74. The van der Waals surface area contributed by atoms with Crippen LogP contribution in [0.3, 0.4) is 0 Å². The molecule has 0 aliphatic carbocycles. The highest BCUT2D eigenvalue weighted by atomic mass is 16.2. The Hall–Kier alpha value is -2.86. The molecule has 1 aliphatic rings. The maximum Gasteiger partial charge on any atom is 0.249 e. The molecule has 1 heterocycles. The summed E-state index contributed by atoms with van der Waals surface area (Å²) < 4.78 is 0. The number of anilines is 1. The quantitative estimate of drug-likeness (QED) is 0.721. The van der Waals surface area contributed by atoms with E-state index in [0.29, 0.717) is 5.69 Å². The molecule has 1 atom stereocenters. The van der Waals surface area contributed by atoms with E-state index in [2.05, 4.69) is 10.6 Å². The second-order valence-corrected chi connectivity index (χ2v) is 3.80. The maximum absolute atomic E-state index is 11.4. The van der Waals surface area contributed by atoms with Gasteiger partial charge in [0.05, 0.1) is 17.5 Å². The smallest absolute Gasteiger partial charge is 0.249 e. The lowest BCUT2D eigenvalue weighted by Crippen LogP contribution is -2.30. The van der Waals surface area contributed by atoms with Gasteiger partial charge in [-0.1, -0.05) is 0 Å². The van der Waals surface area contributed by atoms with Crippen molar-refractivity contribution in [3.63, 3.8) is 0 Å². The number of hydrogen-bond acceptors (Lipinski definition) is 5. The van der Waals surface area contributed by atoms with Crippen LogP contribution in [0.1, 0.15) is 17.5 Å². The molecule has 1 aromatic carbocycles. The number of hydrogen-bond donors (Lipinski definition) is 2. The molecule has 18 heavy (non-hydrogen) atoms. The Bertz CT molecular complexity index is 609. The minimum Gasteiger partial charge on any atom is -0.373 e. The van der Waals surface area contributed by atoms with Crippen molar-refractivity contribution in [2.24, 2.45) is 0 Å². The highest BCUT2D eigenvalue weighted by Gasteiger charge is 2.30. The summed E-state index contributed by atoms with van der Waals surface area (Å²) in [6.07, 6.45) is 0.0702. The van der Waals surface area contributed by atoms with Crippen molar-refractivity contribution in [1.29, 1.82) is 10.5 Å². The van der Waals surface area contributed by atoms with Crippen molar-refractivity contribution in [2.45, 2.75) is 12.5 Å². The summed E-state index contributed by atoms with van der Waals surface area (Å²) in [4.78, 5) is 22.4. The van der Waals surface area contributed by atoms with E-state index >= 15 is 0 Å². The van der Waals surface area contributed by atoms with Crippen molar-refractivity contribution in [1.82, 2.24) is 5.32 Å². The molecule has 2 rings (SSSR count). The molecule has 6 heteroatoms. The van der Waals surface area contributed by atoms with Crippen LogP contribution >= 0.6 is 0 Å². The molecule has 2 N–H and O–H groups in total. The third-order valence-corrected chi connectivity index (χ3v) is 2.57. The first kappa shape index (κ1) is 11.6. The van der Waals surface area contributed by atoms with Gasteiger partial charge in [0.25, 0.3) is 0 Å². The van der Waals surface area contributed by atoms with Crippen molar-refractivity contribution in [2.75, 3.05) is 5.32 Å². The maximum atomic E-state index is 11.4. The van der Waals surface area contributed by atoms with Crippen molar-refractivity contribution < 1.29 is 9.59 Å². The fourth-order valence-corrected chi connectivity index (χ4v) is 1.70. The van der Waals surface area contributed by atoms with Crippen molar-refractivity contribution >= 4 is 17.5 Å². The minimum absolute atomic E-state index is 0.0702. The number of amides is 2. The standard InChI is InChI=1S/C12H8N4O2/c13-5-7-1-2-9(3-8(7)6-14)15-10-4-11(17)16-12(10)18/h1-3,10,15H,4H2,(H,16,17,18). The van der Waals surface area contributed by atoms with Gasteiger partial charge < -0.3 is 5.32 Å². The Morgan fingerprint density at radius 1 is 1.22 bits per heavy atom.